The quantitative estimate of drug-likeness (QED) is 0.851. The van der Waals surface area contributed by atoms with Crippen molar-refractivity contribution in [1.29, 1.82) is 0 Å². The van der Waals surface area contributed by atoms with E-state index in [4.69, 9.17) is 0 Å². The fourth-order valence-electron chi connectivity index (χ4n) is 3.23. The van der Waals surface area contributed by atoms with Gasteiger partial charge in [-0.05, 0) is 25.7 Å². The van der Waals surface area contributed by atoms with Crippen LogP contribution < -0.4 is 0 Å². The van der Waals surface area contributed by atoms with E-state index >= 15 is 0 Å². The molecule has 3 rings (SSSR count). The zero-order chi connectivity index (χ0) is 13.6. The molecule has 0 aliphatic carbocycles. The zero-order valence-corrected chi connectivity index (χ0v) is 13.2. The van der Waals surface area contributed by atoms with E-state index in [0.717, 1.165) is 31.5 Å². The lowest BCUT2D eigenvalue weighted by atomic mass is 10.1. The summed E-state index contributed by atoms with van der Waals surface area (Å²) < 4.78 is 27.2. The lowest BCUT2D eigenvalue weighted by molar-refractivity contribution is 0.254. The summed E-state index contributed by atoms with van der Waals surface area (Å²) in [5, 5.41) is 0.245. The molecular weight excluding hydrogens is 330 g/mol. The molecule has 1 N–H and O–H groups in total. The molecule has 0 radical (unpaired) electrons. The Bertz CT molecular complexity index is 557. The predicted octanol–water partition coefficient (Wildman–Crippen LogP) is 2.05. The molecule has 2 aliphatic heterocycles. The number of sulfonamides is 1. The van der Waals surface area contributed by atoms with Crippen LogP contribution in [0, 0.1) is 0 Å². The van der Waals surface area contributed by atoms with E-state index in [9.17, 15) is 8.42 Å². The normalized spacial score (nSPS) is 31.8. The van der Waals surface area contributed by atoms with E-state index in [1.54, 1.807) is 4.31 Å². The fraction of sp³-hybridized carbons (Fsp3) is 0.750. The average molecular weight is 348 g/mol. The Kier molecular flexibility index (Phi) is 3.47. The van der Waals surface area contributed by atoms with E-state index in [1.165, 1.54) is 6.20 Å². The summed E-state index contributed by atoms with van der Waals surface area (Å²) in [5.41, 5.74) is 0. The second-order valence-corrected chi connectivity index (χ2v) is 8.44. The van der Waals surface area contributed by atoms with Crippen molar-refractivity contribution in [2.45, 2.75) is 61.0 Å². The highest BCUT2D eigenvalue weighted by molar-refractivity contribution is 9.09. The molecule has 2 fully saturated rings. The molecular formula is C12H18BrN3O2S. The van der Waals surface area contributed by atoms with Crippen LogP contribution in [0.1, 0.15) is 38.4 Å². The topological polar surface area (TPSA) is 66.1 Å². The Hall–Kier alpha value is -0.400. The molecule has 2 unspecified atom stereocenters. The Morgan fingerprint density at radius 3 is 2.58 bits per heavy atom. The van der Waals surface area contributed by atoms with E-state index in [2.05, 4.69) is 25.9 Å². The molecule has 0 aromatic carbocycles. The minimum absolute atomic E-state index is 0.140. The van der Waals surface area contributed by atoms with Gasteiger partial charge < -0.3 is 4.98 Å². The van der Waals surface area contributed by atoms with Crippen LogP contribution in [0.3, 0.4) is 0 Å². The molecule has 106 valence electrons. The summed E-state index contributed by atoms with van der Waals surface area (Å²) in [6.45, 7) is 1.95. The largest absolute Gasteiger partial charge is 0.332 e. The lowest BCUT2D eigenvalue weighted by Crippen LogP contribution is -2.46. The summed E-state index contributed by atoms with van der Waals surface area (Å²) >= 11 is 3.63. The number of fused-ring (bicyclic) bond motifs is 2. The predicted molar refractivity (Wildman–Crippen MR) is 75.7 cm³/mol. The van der Waals surface area contributed by atoms with Gasteiger partial charge >= 0.3 is 0 Å². The molecule has 2 aliphatic rings. The van der Waals surface area contributed by atoms with Crippen LogP contribution >= 0.6 is 15.9 Å². The molecule has 2 saturated heterocycles. The average Bonchev–Trinajstić information content (AvgIpc) is 2.93. The minimum Gasteiger partial charge on any atom is -0.332 e. The molecule has 19 heavy (non-hydrogen) atoms. The van der Waals surface area contributed by atoms with Crippen LogP contribution in [0.4, 0.5) is 0 Å². The van der Waals surface area contributed by atoms with E-state index in [-0.39, 0.29) is 17.1 Å². The van der Waals surface area contributed by atoms with Crippen molar-refractivity contribution >= 4 is 26.0 Å². The number of nitrogens with one attached hydrogen (secondary N) is 1. The van der Waals surface area contributed by atoms with E-state index in [0.29, 0.717) is 11.2 Å². The third kappa shape index (κ3) is 2.25. The van der Waals surface area contributed by atoms with Gasteiger partial charge in [-0.25, -0.2) is 13.4 Å². The van der Waals surface area contributed by atoms with Gasteiger partial charge in [-0.1, -0.05) is 22.9 Å². The van der Waals surface area contributed by atoms with Gasteiger partial charge in [0, 0.05) is 23.3 Å². The van der Waals surface area contributed by atoms with Crippen molar-refractivity contribution in [3.05, 3.63) is 12.0 Å². The number of aromatic nitrogens is 2. The smallest absolute Gasteiger partial charge is 0.260 e. The maximum absolute atomic E-state index is 12.7. The Balaban J connectivity index is 1.93. The van der Waals surface area contributed by atoms with Crippen molar-refractivity contribution < 1.29 is 8.42 Å². The van der Waals surface area contributed by atoms with Crippen LogP contribution in [0.25, 0.3) is 0 Å². The number of imidazole rings is 1. The van der Waals surface area contributed by atoms with Crippen molar-refractivity contribution in [2.75, 3.05) is 0 Å². The lowest BCUT2D eigenvalue weighted by Gasteiger charge is -2.35. The van der Waals surface area contributed by atoms with Crippen LogP contribution in [-0.2, 0) is 16.4 Å². The highest BCUT2D eigenvalue weighted by Crippen LogP contribution is 2.41. The number of nitrogens with zero attached hydrogens (tertiary/aromatic N) is 2. The van der Waals surface area contributed by atoms with Crippen molar-refractivity contribution in [3.63, 3.8) is 0 Å². The Labute approximate surface area is 122 Å². The Morgan fingerprint density at radius 2 is 2.05 bits per heavy atom. The first kappa shape index (κ1) is 13.6. The molecule has 0 spiro atoms. The summed E-state index contributed by atoms with van der Waals surface area (Å²) in [7, 11) is -3.42. The van der Waals surface area contributed by atoms with Gasteiger partial charge in [0.05, 0.1) is 6.20 Å². The first-order chi connectivity index (χ1) is 9.02. The van der Waals surface area contributed by atoms with E-state index in [1.807, 2.05) is 6.92 Å². The molecule has 5 nitrogen and oxygen atoms in total. The fourth-order valence-corrected chi connectivity index (χ4v) is 5.92. The van der Waals surface area contributed by atoms with Gasteiger partial charge in [-0.2, -0.15) is 4.31 Å². The summed E-state index contributed by atoms with van der Waals surface area (Å²) in [4.78, 5) is 7.49. The molecule has 1 aromatic heterocycles. The number of halogens is 1. The first-order valence-electron chi connectivity index (χ1n) is 6.74. The maximum Gasteiger partial charge on any atom is 0.260 e. The molecule has 2 atom stereocenters. The van der Waals surface area contributed by atoms with Gasteiger partial charge in [-0.15, -0.1) is 0 Å². The van der Waals surface area contributed by atoms with Gasteiger partial charge in [0.15, 0.2) is 5.03 Å². The van der Waals surface area contributed by atoms with Crippen molar-refractivity contribution in [3.8, 4) is 0 Å². The van der Waals surface area contributed by atoms with Crippen LogP contribution in [0.15, 0.2) is 11.2 Å². The molecule has 1 aromatic rings. The Morgan fingerprint density at radius 1 is 1.42 bits per heavy atom. The molecule has 3 heterocycles. The second-order valence-electron chi connectivity index (χ2n) is 5.34. The number of rotatable bonds is 3. The van der Waals surface area contributed by atoms with E-state index < -0.39 is 10.0 Å². The molecule has 0 amide bonds. The van der Waals surface area contributed by atoms with Crippen LogP contribution in [0.5, 0.6) is 0 Å². The number of hydrogen-bond donors (Lipinski definition) is 1. The molecule has 2 bridgehead atoms. The van der Waals surface area contributed by atoms with Gasteiger partial charge in [0.1, 0.15) is 5.82 Å². The monoisotopic (exact) mass is 347 g/mol. The highest BCUT2D eigenvalue weighted by atomic mass is 79.9. The van der Waals surface area contributed by atoms with Crippen LogP contribution in [0.2, 0.25) is 0 Å². The third-order valence-corrected chi connectivity index (χ3v) is 6.77. The van der Waals surface area contributed by atoms with Gasteiger partial charge in [0.2, 0.25) is 0 Å². The molecule has 7 heteroatoms. The molecule has 0 saturated carbocycles. The number of aromatic amines is 1. The minimum atomic E-state index is -3.42. The van der Waals surface area contributed by atoms with Gasteiger partial charge in [-0.3, -0.25) is 0 Å². The van der Waals surface area contributed by atoms with Crippen molar-refractivity contribution in [1.82, 2.24) is 14.3 Å². The maximum atomic E-state index is 12.7. The summed E-state index contributed by atoms with van der Waals surface area (Å²) in [5.74, 6) is 0.723. The number of hydrogen-bond acceptors (Lipinski definition) is 3. The third-order valence-electron chi connectivity index (χ3n) is 4.10. The number of alkyl halides is 1. The van der Waals surface area contributed by atoms with Crippen molar-refractivity contribution in [2.24, 2.45) is 0 Å². The SMILES string of the molecule is CCc1ncc(S(=O)(=O)N2C3CCC2CC(Br)C3)[nH]1. The standard InChI is InChI=1S/C12H18BrN3O2S/c1-2-11-14-7-12(15-11)19(17,18)16-9-3-4-10(16)6-8(13)5-9/h7-10H,2-6H2,1H3,(H,14,15). The second kappa shape index (κ2) is 4.86. The summed E-state index contributed by atoms with van der Waals surface area (Å²) in [6.07, 6.45) is 5.93. The highest BCUT2D eigenvalue weighted by Gasteiger charge is 2.47. The number of H-pyrrole nitrogens is 1. The first-order valence-corrected chi connectivity index (χ1v) is 9.09. The van der Waals surface area contributed by atoms with Gasteiger partial charge in [0.25, 0.3) is 10.0 Å². The number of aryl methyl sites for hydroxylation is 1. The summed E-state index contributed by atoms with van der Waals surface area (Å²) in [6, 6.07) is 0.281. The zero-order valence-electron chi connectivity index (χ0n) is 10.8. The van der Waals surface area contributed by atoms with Crippen LogP contribution in [-0.4, -0.2) is 39.6 Å². The number of piperidine rings is 1.